The molecule has 1 N–H and O–H groups in total. The Labute approximate surface area is 203 Å². The van der Waals surface area contributed by atoms with Gasteiger partial charge in [0.05, 0.1) is 17.7 Å². The second-order valence-electron chi connectivity index (χ2n) is 9.36. The third-order valence-electron chi connectivity index (χ3n) is 6.83. The quantitative estimate of drug-likeness (QED) is 0.641. The number of hydrogen-bond acceptors (Lipinski definition) is 5. The molecule has 34 heavy (non-hydrogen) atoms. The first kappa shape index (κ1) is 24.7. The van der Waals surface area contributed by atoms with E-state index in [1.54, 1.807) is 12.1 Å². The van der Waals surface area contributed by atoms with Gasteiger partial charge in [0.1, 0.15) is 5.75 Å². The van der Waals surface area contributed by atoms with Crippen molar-refractivity contribution in [1.29, 1.82) is 0 Å². The maximum absolute atomic E-state index is 13.1. The molecule has 2 heterocycles. The highest BCUT2D eigenvalue weighted by Gasteiger charge is 2.29. The number of piperidine rings is 2. The van der Waals surface area contributed by atoms with Crippen molar-refractivity contribution < 1.29 is 17.9 Å². The Balaban J connectivity index is 1.40. The SMILES string of the molecule is COc1ccc(S(=O)(=O)N2CCCCC2)cc1NC(=O)C1CCN(Cc2cccc(C)c2)CC1. The van der Waals surface area contributed by atoms with Gasteiger partial charge >= 0.3 is 0 Å². The molecule has 2 saturated heterocycles. The number of carbonyl (C=O) groups excluding carboxylic acids is 1. The van der Waals surface area contributed by atoms with Crippen molar-refractivity contribution in [2.45, 2.75) is 50.5 Å². The predicted molar refractivity (Wildman–Crippen MR) is 133 cm³/mol. The summed E-state index contributed by atoms with van der Waals surface area (Å²) in [6.45, 7) is 5.77. The molecule has 0 spiro atoms. The lowest BCUT2D eigenvalue weighted by atomic mass is 9.95. The first-order chi connectivity index (χ1) is 16.4. The smallest absolute Gasteiger partial charge is 0.243 e. The van der Waals surface area contributed by atoms with Gasteiger partial charge in [0.25, 0.3) is 0 Å². The van der Waals surface area contributed by atoms with E-state index in [1.807, 2.05) is 0 Å². The highest BCUT2D eigenvalue weighted by Crippen LogP contribution is 2.31. The van der Waals surface area contributed by atoms with E-state index in [1.165, 1.54) is 28.6 Å². The average molecular weight is 486 g/mol. The Hall–Kier alpha value is -2.42. The van der Waals surface area contributed by atoms with Crippen LogP contribution in [0.25, 0.3) is 0 Å². The molecule has 0 aliphatic carbocycles. The molecule has 1 amide bonds. The molecule has 0 unspecified atom stereocenters. The van der Waals surface area contributed by atoms with E-state index >= 15 is 0 Å². The molecule has 0 aromatic heterocycles. The number of nitrogens with one attached hydrogen (secondary N) is 1. The highest BCUT2D eigenvalue weighted by molar-refractivity contribution is 7.89. The van der Waals surface area contributed by atoms with Gasteiger partial charge in [0, 0.05) is 25.6 Å². The molecule has 8 heteroatoms. The van der Waals surface area contributed by atoms with Crippen molar-refractivity contribution in [3.05, 3.63) is 53.6 Å². The molecule has 2 aromatic rings. The molecular weight excluding hydrogens is 450 g/mol. The predicted octanol–water partition coefficient (Wildman–Crippen LogP) is 4.03. The molecule has 2 aliphatic heterocycles. The van der Waals surface area contributed by atoms with Crippen molar-refractivity contribution in [3.63, 3.8) is 0 Å². The van der Waals surface area contributed by atoms with Crippen LogP contribution in [0.5, 0.6) is 5.75 Å². The zero-order valence-electron chi connectivity index (χ0n) is 20.1. The van der Waals surface area contributed by atoms with Crippen molar-refractivity contribution in [1.82, 2.24) is 9.21 Å². The van der Waals surface area contributed by atoms with Crippen LogP contribution in [0.3, 0.4) is 0 Å². The minimum atomic E-state index is -3.59. The average Bonchev–Trinajstić information content (AvgIpc) is 2.85. The van der Waals surface area contributed by atoms with Gasteiger partial charge in [-0.2, -0.15) is 4.31 Å². The van der Waals surface area contributed by atoms with E-state index in [9.17, 15) is 13.2 Å². The summed E-state index contributed by atoms with van der Waals surface area (Å²) in [5, 5.41) is 2.95. The number of carbonyl (C=O) groups is 1. The molecule has 0 radical (unpaired) electrons. The van der Waals surface area contributed by atoms with Crippen LogP contribution in [0, 0.1) is 12.8 Å². The Bertz CT molecular complexity index is 1100. The van der Waals surface area contributed by atoms with Gasteiger partial charge in [-0.25, -0.2) is 8.42 Å². The van der Waals surface area contributed by atoms with Crippen molar-refractivity contribution in [2.24, 2.45) is 5.92 Å². The molecule has 7 nitrogen and oxygen atoms in total. The van der Waals surface area contributed by atoms with Crippen molar-refractivity contribution >= 4 is 21.6 Å². The fraction of sp³-hybridized carbons (Fsp3) is 0.500. The van der Waals surface area contributed by atoms with E-state index in [4.69, 9.17) is 4.74 Å². The molecule has 2 fully saturated rings. The number of methoxy groups -OCH3 is 1. The van der Waals surface area contributed by atoms with E-state index < -0.39 is 10.0 Å². The van der Waals surface area contributed by atoms with Crippen LogP contribution in [0.1, 0.15) is 43.2 Å². The summed E-state index contributed by atoms with van der Waals surface area (Å²) in [4.78, 5) is 15.6. The monoisotopic (exact) mass is 485 g/mol. The second kappa shape index (κ2) is 10.9. The summed E-state index contributed by atoms with van der Waals surface area (Å²) < 4.78 is 33.1. The van der Waals surface area contributed by atoms with Crippen LogP contribution in [0.15, 0.2) is 47.4 Å². The summed E-state index contributed by atoms with van der Waals surface area (Å²) in [6, 6.07) is 13.2. The summed E-state index contributed by atoms with van der Waals surface area (Å²) in [5.74, 6) is 0.268. The molecule has 0 atom stereocenters. The number of sulfonamides is 1. The number of hydrogen-bond donors (Lipinski definition) is 1. The zero-order valence-corrected chi connectivity index (χ0v) is 20.9. The van der Waals surface area contributed by atoms with Gasteiger partial charge in [-0.15, -0.1) is 0 Å². The normalized spacial score (nSPS) is 18.5. The van der Waals surface area contributed by atoms with Gasteiger partial charge in [-0.3, -0.25) is 9.69 Å². The van der Waals surface area contributed by atoms with E-state index in [2.05, 4.69) is 41.4 Å². The largest absolute Gasteiger partial charge is 0.495 e. The van der Waals surface area contributed by atoms with Gasteiger partial charge in [0.15, 0.2) is 0 Å². The first-order valence-corrected chi connectivity index (χ1v) is 13.6. The summed E-state index contributed by atoms with van der Waals surface area (Å²) >= 11 is 0. The summed E-state index contributed by atoms with van der Waals surface area (Å²) in [5.41, 5.74) is 2.96. The molecule has 184 valence electrons. The van der Waals surface area contributed by atoms with Gasteiger partial charge < -0.3 is 10.1 Å². The number of aryl methyl sites for hydroxylation is 1. The number of amides is 1. The van der Waals surface area contributed by atoms with Crippen molar-refractivity contribution in [3.8, 4) is 5.75 Å². The Morgan fingerprint density at radius 3 is 2.44 bits per heavy atom. The second-order valence-corrected chi connectivity index (χ2v) is 11.3. The molecule has 2 aromatic carbocycles. The molecule has 0 saturated carbocycles. The molecule has 4 rings (SSSR count). The minimum Gasteiger partial charge on any atom is -0.495 e. The maximum Gasteiger partial charge on any atom is 0.243 e. The van der Waals surface area contributed by atoms with Gasteiger partial charge in [-0.1, -0.05) is 36.2 Å². The lowest BCUT2D eigenvalue weighted by Gasteiger charge is -2.31. The van der Waals surface area contributed by atoms with Crippen LogP contribution < -0.4 is 10.1 Å². The Morgan fingerprint density at radius 2 is 1.76 bits per heavy atom. The fourth-order valence-electron chi connectivity index (χ4n) is 4.86. The number of nitrogens with zero attached hydrogens (tertiary/aromatic N) is 2. The van der Waals surface area contributed by atoms with E-state index in [0.717, 1.165) is 51.7 Å². The lowest BCUT2D eigenvalue weighted by molar-refractivity contribution is -0.121. The standard InChI is InChI=1S/C26H35N3O4S/c1-20-7-6-8-21(17-20)19-28-15-11-22(12-16-28)26(30)27-24-18-23(9-10-25(24)33-2)34(31,32)29-13-4-3-5-14-29/h6-10,17-18,22H,3-5,11-16,19H2,1-2H3,(H,27,30). The summed E-state index contributed by atoms with van der Waals surface area (Å²) in [6.07, 6.45) is 4.35. The van der Waals surface area contributed by atoms with Crippen LogP contribution in [-0.4, -0.2) is 56.8 Å². The van der Waals surface area contributed by atoms with Crippen LogP contribution >= 0.6 is 0 Å². The maximum atomic E-state index is 13.1. The minimum absolute atomic E-state index is 0.0824. The van der Waals surface area contributed by atoms with Gasteiger partial charge in [0.2, 0.25) is 15.9 Å². The molecular formula is C26H35N3O4S. The molecule has 0 bridgehead atoms. The van der Waals surface area contributed by atoms with Crippen LogP contribution in [0.2, 0.25) is 0 Å². The number of rotatable bonds is 7. The van der Waals surface area contributed by atoms with Crippen LogP contribution in [0.4, 0.5) is 5.69 Å². The first-order valence-electron chi connectivity index (χ1n) is 12.1. The highest BCUT2D eigenvalue weighted by atomic mass is 32.2. The number of benzene rings is 2. The Morgan fingerprint density at radius 1 is 1.03 bits per heavy atom. The zero-order chi connectivity index (χ0) is 24.1. The van der Waals surface area contributed by atoms with E-state index in [-0.39, 0.29) is 16.7 Å². The third kappa shape index (κ3) is 5.79. The summed E-state index contributed by atoms with van der Waals surface area (Å²) in [7, 11) is -2.07. The lowest BCUT2D eigenvalue weighted by Crippen LogP contribution is -2.38. The Kier molecular flexibility index (Phi) is 7.91. The number of ether oxygens (including phenoxy) is 1. The topological polar surface area (TPSA) is 79.0 Å². The van der Waals surface area contributed by atoms with Crippen molar-refractivity contribution in [2.75, 3.05) is 38.6 Å². The fourth-order valence-corrected chi connectivity index (χ4v) is 6.40. The van der Waals surface area contributed by atoms with E-state index in [0.29, 0.717) is 24.5 Å². The van der Waals surface area contributed by atoms with Gasteiger partial charge in [-0.05, 0) is 69.5 Å². The third-order valence-corrected chi connectivity index (χ3v) is 8.72. The number of likely N-dealkylation sites (tertiary alicyclic amines) is 1. The number of anilines is 1. The molecule has 2 aliphatic rings. The van der Waals surface area contributed by atoms with Crippen LogP contribution in [-0.2, 0) is 21.4 Å².